The Bertz CT molecular complexity index is 484. The second kappa shape index (κ2) is 7.34. The van der Waals surface area contributed by atoms with E-state index in [2.05, 4.69) is 35.8 Å². The summed E-state index contributed by atoms with van der Waals surface area (Å²) in [5.74, 6) is 0. The molecule has 0 aliphatic rings. The number of hydrogen-bond acceptors (Lipinski definition) is 3. The fourth-order valence-electron chi connectivity index (χ4n) is 1.89. The summed E-state index contributed by atoms with van der Waals surface area (Å²) in [6.45, 7) is 1.34. The maximum atomic E-state index is 10.0. The van der Waals surface area contributed by atoms with Gasteiger partial charge in [0.1, 0.15) is 0 Å². The quantitative estimate of drug-likeness (QED) is 0.793. The Morgan fingerprint density at radius 2 is 1.74 bits per heavy atom. The SMILES string of the molecule is CSc1ccc(CNC[C@H](O)c2ccccc2)cc1. The summed E-state index contributed by atoms with van der Waals surface area (Å²) < 4.78 is 0. The zero-order valence-electron chi connectivity index (χ0n) is 11.0. The predicted octanol–water partition coefficient (Wildman–Crippen LogP) is 3.23. The largest absolute Gasteiger partial charge is 0.387 e. The molecule has 3 heteroatoms. The molecule has 0 unspecified atom stereocenters. The van der Waals surface area contributed by atoms with E-state index in [1.54, 1.807) is 11.8 Å². The summed E-state index contributed by atoms with van der Waals surface area (Å²) in [5, 5.41) is 13.3. The lowest BCUT2D eigenvalue weighted by Gasteiger charge is -2.12. The minimum Gasteiger partial charge on any atom is -0.387 e. The lowest BCUT2D eigenvalue weighted by Crippen LogP contribution is -2.20. The third kappa shape index (κ3) is 4.39. The average molecular weight is 273 g/mol. The van der Waals surface area contributed by atoms with Crippen LogP contribution in [0.5, 0.6) is 0 Å². The van der Waals surface area contributed by atoms with E-state index >= 15 is 0 Å². The van der Waals surface area contributed by atoms with Gasteiger partial charge in [-0.15, -0.1) is 11.8 Å². The first-order valence-corrected chi connectivity index (χ1v) is 7.58. The Labute approximate surface area is 118 Å². The van der Waals surface area contributed by atoms with Crippen molar-refractivity contribution in [3.8, 4) is 0 Å². The van der Waals surface area contributed by atoms with Crippen LogP contribution >= 0.6 is 11.8 Å². The van der Waals surface area contributed by atoms with Crippen LogP contribution in [0.25, 0.3) is 0 Å². The molecule has 2 N–H and O–H groups in total. The Hall–Kier alpha value is -1.29. The van der Waals surface area contributed by atoms with Crippen LogP contribution in [0.4, 0.5) is 0 Å². The minimum atomic E-state index is -0.452. The first-order chi connectivity index (χ1) is 9.29. The van der Waals surface area contributed by atoms with Crippen molar-refractivity contribution in [1.29, 1.82) is 0 Å². The van der Waals surface area contributed by atoms with Crippen molar-refractivity contribution in [3.05, 3.63) is 65.7 Å². The lowest BCUT2D eigenvalue weighted by molar-refractivity contribution is 0.174. The van der Waals surface area contributed by atoms with Crippen LogP contribution in [0.2, 0.25) is 0 Å². The summed E-state index contributed by atoms with van der Waals surface area (Å²) in [6.07, 6.45) is 1.62. The van der Waals surface area contributed by atoms with E-state index in [4.69, 9.17) is 0 Å². The van der Waals surface area contributed by atoms with Gasteiger partial charge in [-0.25, -0.2) is 0 Å². The standard InChI is InChI=1S/C16H19NOS/c1-19-15-9-7-13(8-10-15)11-17-12-16(18)14-5-3-2-4-6-14/h2-10,16-18H,11-12H2,1H3/t16-/m0/s1. The van der Waals surface area contributed by atoms with Crippen LogP contribution in [0.1, 0.15) is 17.2 Å². The average Bonchev–Trinajstić information content (AvgIpc) is 2.49. The zero-order chi connectivity index (χ0) is 13.5. The van der Waals surface area contributed by atoms with Gasteiger partial charge < -0.3 is 10.4 Å². The van der Waals surface area contributed by atoms with Crippen molar-refractivity contribution in [2.75, 3.05) is 12.8 Å². The number of hydrogen-bond donors (Lipinski definition) is 2. The third-order valence-corrected chi connectivity index (χ3v) is 3.75. The lowest BCUT2D eigenvalue weighted by atomic mass is 10.1. The van der Waals surface area contributed by atoms with Gasteiger partial charge in [0, 0.05) is 18.0 Å². The van der Waals surface area contributed by atoms with Crippen molar-refractivity contribution in [1.82, 2.24) is 5.32 Å². The number of rotatable bonds is 6. The van der Waals surface area contributed by atoms with Crippen LogP contribution in [0.15, 0.2) is 59.5 Å². The third-order valence-electron chi connectivity index (χ3n) is 3.01. The van der Waals surface area contributed by atoms with Gasteiger partial charge in [0.15, 0.2) is 0 Å². The molecule has 2 aromatic carbocycles. The number of benzene rings is 2. The van der Waals surface area contributed by atoms with Crippen molar-refractivity contribution < 1.29 is 5.11 Å². The molecule has 19 heavy (non-hydrogen) atoms. The van der Waals surface area contributed by atoms with Crippen molar-refractivity contribution in [2.24, 2.45) is 0 Å². The van der Waals surface area contributed by atoms with Crippen LogP contribution in [0, 0.1) is 0 Å². The molecule has 0 aliphatic heterocycles. The van der Waals surface area contributed by atoms with Gasteiger partial charge in [0.2, 0.25) is 0 Å². The van der Waals surface area contributed by atoms with Gasteiger partial charge in [-0.3, -0.25) is 0 Å². The number of aliphatic hydroxyl groups excluding tert-OH is 1. The van der Waals surface area contributed by atoms with Crippen LogP contribution in [-0.4, -0.2) is 17.9 Å². The molecule has 2 nitrogen and oxygen atoms in total. The van der Waals surface area contributed by atoms with Crippen molar-refractivity contribution >= 4 is 11.8 Å². The monoisotopic (exact) mass is 273 g/mol. The highest BCUT2D eigenvalue weighted by atomic mass is 32.2. The topological polar surface area (TPSA) is 32.3 Å². The van der Waals surface area contributed by atoms with Crippen LogP contribution in [-0.2, 0) is 6.54 Å². The van der Waals surface area contributed by atoms with E-state index in [-0.39, 0.29) is 0 Å². The van der Waals surface area contributed by atoms with Gasteiger partial charge >= 0.3 is 0 Å². The summed E-state index contributed by atoms with van der Waals surface area (Å²) in [6, 6.07) is 18.2. The first-order valence-electron chi connectivity index (χ1n) is 6.36. The van der Waals surface area contributed by atoms with Gasteiger partial charge in [-0.2, -0.15) is 0 Å². The molecule has 0 saturated carbocycles. The molecule has 2 aromatic rings. The second-order valence-corrected chi connectivity index (χ2v) is 5.29. The fraction of sp³-hybridized carbons (Fsp3) is 0.250. The molecule has 100 valence electrons. The normalized spacial score (nSPS) is 12.3. The molecule has 0 aromatic heterocycles. The van der Waals surface area contributed by atoms with E-state index in [9.17, 15) is 5.11 Å². The highest BCUT2D eigenvalue weighted by Crippen LogP contribution is 2.15. The number of aliphatic hydroxyl groups is 1. The summed E-state index contributed by atoms with van der Waals surface area (Å²) in [5.41, 5.74) is 2.19. The zero-order valence-corrected chi connectivity index (χ0v) is 11.9. The Morgan fingerprint density at radius 1 is 1.05 bits per heavy atom. The summed E-state index contributed by atoms with van der Waals surface area (Å²) >= 11 is 1.74. The van der Waals surface area contributed by atoms with Gasteiger partial charge in [0.25, 0.3) is 0 Å². The summed E-state index contributed by atoms with van der Waals surface area (Å²) in [7, 11) is 0. The fourth-order valence-corrected chi connectivity index (χ4v) is 2.30. The van der Waals surface area contributed by atoms with Crippen molar-refractivity contribution in [3.63, 3.8) is 0 Å². The molecule has 0 saturated heterocycles. The molecular weight excluding hydrogens is 254 g/mol. The van der Waals surface area contributed by atoms with E-state index in [0.717, 1.165) is 12.1 Å². The van der Waals surface area contributed by atoms with Crippen molar-refractivity contribution in [2.45, 2.75) is 17.5 Å². The highest BCUT2D eigenvalue weighted by molar-refractivity contribution is 7.98. The Kier molecular flexibility index (Phi) is 5.45. The van der Waals surface area contributed by atoms with Gasteiger partial charge in [-0.1, -0.05) is 42.5 Å². The molecule has 0 radical (unpaired) electrons. The molecule has 0 bridgehead atoms. The Balaban J connectivity index is 1.79. The Morgan fingerprint density at radius 3 is 2.37 bits per heavy atom. The van der Waals surface area contributed by atoms with Gasteiger partial charge in [0.05, 0.1) is 6.10 Å². The maximum Gasteiger partial charge on any atom is 0.0914 e. The maximum absolute atomic E-state index is 10.0. The molecule has 0 fully saturated rings. The molecule has 0 spiro atoms. The van der Waals surface area contributed by atoms with Crippen LogP contribution in [0.3, 0.4) is 0 Å². The smallest absolute Gasteiger partial charge is 0.0914 e. The molecule has 0 aliphatic carbocycles. The predicted molar refractivity (Wildman–Crippen MR) is 81.3 cm³/mol. The first kappa shape index (κ1) is 14.1. The molecular formula is C16H19NOS. The minimum absolute atomic E-state index is 0.452. The van der Waals surface area contributed by atoms with Gasteiger partial charge in [-0.05, 0) is 29.5 Å². The van der Waals surface area contributed by atoms with E-state index < -0.39 is 6.10 Å². The van der Waals surface area contributed by atoms with E-state index in [0.29, 0.717) is 6.54 Å². The molecule has 0 amide bonds. The number of thioether (sulfide) groups is 1. The van der Waals surface area contributed by atoms with E-state index in [1.807, 2.05) is 30.3 Å². The number of nitrogens with one attached hydrogen (secondary N) is 1. The molecule has 1 atom stereocenters. The highest BCUT2D eigenvalue weighted by Gasteiger charge is 2.05. The van der Waals surface area contributed by atoms with Crippen LogP contribution < -0.4 is 5.32 Å². The molecule has 0 heterocycles. The second-order valence-electron chi connectivity index (χ2n) is 4.41. The summed E-state index contributed by atoms with van der Waals surface area (Å²) in [4.78, 5) is 1.27. The molecule has 2 rings (SSSR count). The van der Waals surface area contributed by atoms with E-state index in [1.165, 1.54) is 10.5 Å².